The molecule has 0 atom stereocenters. The predicted octanol–water partition coefficient (Wildman–Crippen LogP) is 2.66. The summed E-state index contributed by atoms with van der Waals surface area (Å²) in [6.07, 6.45) is 6.27. The second-order valence-electron chi connectivity index (χ2n) is 4.44. The highest BCUT2D eigenvalue weighted by Crippen LogP contribution is 2.14. The number of rotatable bonds is 5. The van der Waals surface area contributed by atoms with Crippen molar-refractivity contribution in [3.63, 3.8) is 0 Å². The third-order valence-electron chi connectivity index (χ3n) is 2.81. The molecule has 7 nitrogen and oxygen atoms in total. The zero-order chi connectivity index (χ0) is 16.1. The Morgan fingerprint density at radius 3 is 2.83 bits per heavy atom. The highest BCUT2D eigenvalue weighted by molar-refractivity contribution is 14.1. The van der Waals surface area contributed by atoms with Crippen molar-refractivity contribution in [2.24, 2.45) is 0 Å². The summed E-state index contributed by atoms with van der Waals surface area (Å²) < 4.78 is 11.2. The fraction of sp³-hybridized carbons (Fsp3) is 0.0667. The van der Waals surface area contributed by atoms with Crippen LogP contribution in [0.15, 0.2) is 51.7 Å². The van der Waals surface area contributed by atoms with Crippen LogP contribution in [0.4, 0.5) is 0 Å². The number of nitrogens with zero attached hydrogens (tertiary/aromatic N) is 3. The molecule has 3 heterocycles. The van der Waals surface area contributed by atoms with Crippen molar-refractivity contribution >= 4 is 34.6 Å². The van der Waals surface area contributed by atoms with Gasteiger partial charge in [0.25, 0.3) is 0 Å². The quantitative estimate of drug-likeness (QED) is 0.502. The van der Waals surface area contributed by atoms with Crippen LogP contribution < -0.4 is 5.32 Å². The molecule has 0 saturated heterocycles. The van der Waals surface area contributed by atoms with Crippen LogP contribution in [0.2, 0.25) is 0 Å². The van der Waals surface area contributed by atoms with Crippen LogP contribution in [0.25, 0.3) is 17.5 Å². The van der Waals surface area contributed by atoms with E-state index in [9.17, 15) is 4.79 Å². The molecule has 116 valence electrons. The number of halogens is 1. The van der Waals surface area contributed by atoms with Gasteiger partial charge in [-0.25, -0.2) is 0 Å². The maximum atomic E-state index is 11.7. The Morgan fingerprint density at radius 2 is 2.09 bits per heavy atom. The minimum atomic E-state index is -0.278. The van der Waals surface area contributed by atoms with Crippen LogP contribution in [0.3, 0.4) is 0 Å². The van der Waals surface area contributed by atoms with Gasteiger partial charge in [-0.1, -0.05) is 5.16 Å². The van der Waals surface area contributed by atoms with E-state index < -0.39 is 0 Å². The van der Waals surface area contributed by atoms with Crippen molar-refractivity contribution in [3.05, 3.63) is 58.2 Å². The Morgan fingerprint density at radius 1 is 1.26 bits per heavy atom. The van der Waals surface area contributed by atoms with Crippen molar-refractivity contribution in [3.8, 4) is 11.4 Å². The van der Waals surface area contributed by atoms with Crippen LogP contribution in [0.1, 0.15) is 11.7 Å². The molecule has 0 fully saturated rings. The molecule has 3 aromatic heterocycles. The van der Waals surface area contributed by atoms with E-state index in [0.717, 1.165) is 9.33 Å². The number of nitrogens with one attached hydrogen (secondary N) is 1. The molecule has 8 heteroatoms. The van der Waals surface area contributed by atoms with Gasteiger partial charge in [-0.15, -0.1) is 0 Å². The van der Waals surface area contributed by atoms with Gasteiger partial charge in [-0.05, 0) is 52.9 Å². The summed E-state index contributed by atoms with van der Waals surface area (Å²) in [6.45, 7) is 0.150. The summed E-state index contributed by atoms with van der Waals surface area (Å²) in [7, 11) is 0. The van der Waals surface area contributed by atoms with Gasteiger partial charge in [0.05, 0.1) is 6.54 Å². The van der Waals surface area contributed by atoms with E-state index in [-0.39, 0.29) is 12.5 Å². The average molecular weight is 422 g/mol. The highest BCUT2D eigenvalue weighted by atomic mass is 127. The number of pyridine rings is 1. The summed E-state index contributed by atoms with van der Waals surface area (Å²) >= 11 is 2.06. The summed E-state index contributed by atoms with van der Waals surface area (Å²) in [6, 6.07) is 7.16. The maximum absolute atomic E-state index is 11.7. The fourth-order valence-electron chi connectivity index (χ4n) is 1.74. The molecule has 0 aliphatic carbocycles. The fourth-order valence-corrected chi connectivity index (χ4v) is 2.18. The lowest BCUT2D eigenvalue weighted by molar-refractivity contribution is -0.116. The first-order valence-corrected chi connectivity index (χ1v) is 7.73. The molecule has 0 radical (unpaired) electrons. The number of hydrogen-bond donors (Lipinski definition) is 1. The number of furan rings is 1. The van der Waals surface area contributed by atoms with E-state index in [1.54, 1.807) is 36.7 Å². The molecule has 0 aliphatic heterocycles. The summed E-state index contributed by atoms with van der Waals surface area (Å²) in [5, 5.41) is 6.52. The van der Waals surface area contributed by atoms with E-state index in [2.05, 4.69) is 43.0 Å². The number of carbonyl (C=O) groups excluding carboxylic acids is 1. The predicted molar refractivity (Wildman–Crippen MR) is 89.8 cm³/mol. The molecule has 0 spiro atoms. The third kappa shape index (κ3) is 4.25. The van der Waals surface area contributed by atoms with Crippen molar-refractivity contribution < 1.29 is 13.7 Å². The van der Waals surface area contributed by atoms with E-state index in [0.29, 0.717) is 17.5 Å². The SMILES string of the molecule is O=C(C=Cc1ccc(I)o1)NCc1nc(-c2ccncc2)no1. The molecule has 3 rings (SSSR count). The average Bonchev–Trinajstić information content (AvgIpc) is 3.21. The van der Waals surface area contributed by atoms with Crippen molar-refractivity contribution in [2.75, 3.05) is 0 Å². The molecular weight excluding hydrogens is 411 g/mol. The standard InChI is InChI=1S/C15H11IN4O3/c16-12-3-1-11(22-12)2-4-13(21)18-9-14-19-15(20-23-14)10-5-7-17-8-6-10/h1-8H,9H2,(H,18,21). The molecule has 23 heavy (non-hydrogen) atoms. The van der Waals surface area contributed by atoms with Gasteiger partial charge < -0.3 is 14.3 Å². The van der Waals surface area contributed by atoms with Gasteiger partial charge in [0, 0.05) is 24.0 Å². The topological polar surface area (TPSA) is 94.1 Å². The Bertz CT molecular complexity index is 826. The largest absolute Gasteiger partial charge is 0.451 e. The minimum Gasteiger partial charge on any atom is -0.451 e. The highest BCUT2D eigenvalue weighted by Gasteiger charge is 2.08. The first kappa shape index (κ1) is 15.4. The smallest absolute Gasteiger partial charge is 0.246 e. The first-order chi connectivity index (χ1) is 11.2. The zero-order valence-corrected chi connectivity index (χ0v) is 13.9. The monoisotopic (exact) mass is 422 g/mol. The summed E-state index contributed by atoms with van der Waals surface area (Å²) in [4.78, 5) is 19.9. The zero-order valence-electron chi connectivity index (χ0n) is 11.8. The maximum Gasteiger partial charge on any atom is 0.246 e. The first-order valence-electron chi connectivity index (χ1n) is 6.65. The molecule has 1 amide bonds. The van der Waals surface area contributed by atoms with Crippen molar-refractivity contribution in [1.82, 2.24) is 20.4 Å². The summed E-state index contributed by atoms with van der Waals surface area (Å²) in [5.74, 6) is 1.12. The molecule has 1 N–H and O–H groups in total. The lowest BCUT2D eigenvalue weighted by Gasteiger charge is -1.96. The van der Waals surface area contributed by atoms with Crippen LogP contribution in [0.5, 0.6) is 0 Å². The van der Waals surface area contributed by atoms with Gasteiger partial charge in [-0.2, -0.15) is 4.98 Å². The van der Waals surface area contributed by atoms with Crippen LogP contribution >= 0.6 is 22.6 Å². The minimum absolute atomic E-state index is 0.150. The molecular formula is C15H11IN4O3. The van der Waals surface area contributed by atoms with Gasteiger partial charge in [0.1, 0.15) is 5.76 Å². The van der Waals surface area contributed by atoms with Crippen LogP contribution in [-0.2, 0) is 11.3 Å². The summed E-state index contributed by atoms with van der Waals surface area (Å²) in [5.41, 5.74) is 0.800. The Balaban J connectivity index is 1.55. The second kappa shape index (κ2) is 7.18. The Labute approximate surface area is 144 Å². The second-order valence-corrected chi connectivity index (χ2v) is 5.50. The number of amides is 1. The van der Waals surface area contributed by atoms with E-state index in [4.69, 9.17) is 8.94 Å². The van der Waals surface area contributed by atoms with Gasteiger partial charge in [0.2, 0.25) is 17.6 Å². The lowest BCUT2D eigenvalue weighted by atomic mass is 10.2. The van der Waals surface area contributed by atoms with Gasteiger partial charge in [-0.3, -0.25) is 9.78 Å². The third-order valence-corrected chi connectivity index (χ3v) is 3.39. The van der Waals surface area contributed by atoms with Crippen LogP contribution in [-0.4, -0.2) is 21.0 Å². The Hall–Kier alpha value is -2.49. The lowest BCUT2D eigenvalue weighted by Crippen LogP contribution is -2.20. The number of aromatic nitrogens is 3. The van der Waals surface area contributed by atoms with E-state index in [1.807, 2.05) is 6.07 Å². The van der Waals surface area contributed by atoms with Gasteiger partial charge >= 0.3 is 0 Å². The van der Waals surface area contributed by atoms with Crippen molar-refractivity contribution in [1.29, 1.82) is 0 Å². The van der Waals surface area contributed by atoms with E-state index in [1.165, 1.54) is 6.08 Å². The van der Waals surface area contributed by atoms with Crippen molar-refractivity contribution in [2.45, 2.75) is 6.54 Å². The molecule has 0 aromatic carbocycles. The molecule has 0 bridgehead atoms. The van der Waals surface area contributed by atoms with E-state index >= 15 is 0 Å². The normalized spacial score (nSPS) is 11.0. The molecule has 0 aliphatic rings. The number of hydrogen-bond acceptors (Lipinski definition) is 6. The Kier molecular flexibility index (Phi) is 4.81. The van der Waals surface area contributed by atoms with Crippen LogP contribution in [0, 0.1) is 3.77 Å². The number of carbonyl (C=O) groups is 1. The molecule has 0 unspecified atom stereocenters. The van der Waals surface area contributed by atoms with Gasteiger partial charge in [0.15, 0.2) is 3.77 Å². The molecule has 3 aromatic rings. The molecule has 0 saturated carbocycles.